The molecule has 1 amide bonds. The van der Waals surface area contributed by atoms with E-state index in [4.69, 9.17) is 4.74 Å². The number of amides is 1. The van der Waals surface area contributed by atoms with Crippen LogP contribution in [0.1, 0.15) is 32.6 Å². The molecule has 0 aromatic rings. The quantitative estimate of drug-likeness (QED) is 0.412. The molecule has 0 aromatic carbocycles. The summed E-state index contributed by atoms with van der Waals surface area (Å²) in [5.41, 5.74) is 0. The highest BCUT2D eigenvalue weighted by Crippen LogP contribution is 2.11. The van der Waals surface area contributed by atoms with Gasteiger partial charge in [-0.2, -0.15) is 0 Å². The van der Waals surface area contributed by atoms with Gasteiger partial charge in [0.2, 0.25) is 5.91 Å². The van der Waals surface area contributed by atoms with Crippen molar-refractivity contribution in [3.8, 4) is 0 Å². The number of hydrogen-bond donors (Lipinski definition) is 2. The fourth-order valence-electron chi connectivity index (χ4n) is 2.73. The second-order valence-corrected chi connectivity index (χ2v) is 5.41. The van der Waals surface area contributed by atoms with Crippen molar-refractivity contribution >= 4 is 35.8 Å². The Bertz CT molecular complexity index is 359. The van der Waals surface area contributed by atoms with Gasteiger partial charge in [-0.1, -0.05) is 6.92 Å². The third kappa shape index (κ3) is 5.61. The monoisotopic (exact) mass is 410 g/mol. The molecular weight excluding hydrogens is 383 g/mol. The van der Waals surface area contributed by atoms with E-state index in [0.717, 1.165) is 51.5 Å². The van der Waals surface area contributed by atoms with Gasteiger partial charge in [0, 0.05) is 45.8 Å². The molecule has 0 radical (unpaired) electrons. The zero-order valence-electron chi connectivity index (χ0n) is 12.9. The lowest BCUT2D eigenvalue weighted by molar-refractivity contribution is -0.129. The summed E-state index contributed by atoms with van der Waals surface area (Å²) < 4.78 is 5.58. The van der Waals surface area contributed by atoms with Crippen LogP contribution in [0.4, 0.5) is 0 Å². The lowest BCUT2D eigenvalue weighted by Crippen LogP contribution is -2.46. The molecule has 2 atom stereocenters. The number of ether oxygens (including phenoxy) is 1. The predicted octanol–water partition coefficient (Wildman–Crippen LogP) is 0.959. The van der Waals surface area contributed by atoms with E-state index >= 15 is 0 Å². The van der Waals surface area contributed by atoms with Crippen LogP contribution in [0.5, 0.6) is 0 Å². The van der Waals surface area contributed by atoms with Crippen LogP contribution in [-0.4, -0.2) is 62.2 Å². The first-order valence-corrected chi connectivity index (χ1v) is 7.59. The second kappa shape index (κ2) is 9.45. The minimum atomic E-state index is 0. The average molecular weight is 410 g/mol. The third-order valence-electron chi connectivity index (χ3n) is 3.93. The van der Waals surface area contributed by atoms with E-state index in [2.05, 4.69) is 15.6 Å². The molecular formula is C14H27IN4O2. The molecule has 2 N–H and O–H groups in total. The van der Waals surface area contributed by atoms with E-state index in [1.807, 2.05) is 11.8 Å². The predicted molar refractivity (Wildman–Crippen MR) is 94.2 cm³/mol. The minimum absolute atomic E-state index is 0. The van der Waals surface area contributed by atoms with Crippen molar-refractivity contribution in [2.75, 3.05) is 33.3 Å². The maximum absolute atomic E-state index is 11.7. The number of likely N-dealkylation sites (tertiary alicyclic amines) is 1. The van der Waals surface area contributed by atoms with Gasteiger partial charge in [0.25, 0.3) is 0 Å². The Labute approximate surface area is 144 Å². The van der Waals surface area contributed by atoms with Crippen molar-refractivity contribution < 1.29 is 9.53 Å². The van der Waals surface area contributed by atoms with E-state index < -0.39 is 0 Å². The summed E-state index contributed by atoms with van der Waals surface area (Å²) in [7, 11) is 1.77. The van der Waals surface area contributed by atoms with Crippen molar-refractivity contribution in [3.63, 3.8) is 0 Å². The highest BCUT2D eigenvalue weighted by Gasteiger charge is 2.26. The average Bonchev–Trinajstić information content (AvgIpc) is 3.13. The summed E-state index contributed by atoms with van der Waals surface area (Å²) in [6.45, 7) is 5.19. The van der Waals surface area contributed by atoms with Crippen molar-refractivity contribution in [2.24, 2.45) is 4.99 Å². The minimum Gasteiger partial charge on any atom is -0.376 e. The van der Waals surface area contributed by atoms with Crippen molar-refractivity contribution in [3.05, 3.63) is 0 Å². The van der Waals surface area contributed by atoms with Gasteiger partial charge in [-0.3, -0.25) is 9.79 Å². The van der Waals surface area contributed by atoms with Crippen LogP contribution in [0.3, 0.4) is 0 Å². The SMILES string of the molecule is CCC(=O)N1CCC(NC(=NC)NCC2CCCO2)C1.I. The summed E-state index contributed by atoms with van der Waals surface area (Å²) in [5, 5.41) is 6.69. The van der Waals surface area contributed by atoms with Gasteiger partial charge in [-0.25, -0.2) is 0 Å². The summed E-state index contributed by atoms with van der Waals surface area (Å²) >= 11 is 0. The van der Waals surface area contributed by atoms with Gasteiger partial charge >= 0.3 is 0 Å². The first kappa shape index (κ1) is 18.5. The fraction of sp³-hybridized carbons (Fsp3) is 0.857. The lowest BCUT2D eigenvalue weighted by Gasteiger charge is -2.19. The molecule has 2 aliphatic heterocycles. The van der Waals surface area contributed by atoms with Crippen LogP contribution in [0, 0.1) is 0 Å². The molecule has 122 valence electrons. The summed E-state index contributed by atoms with van der Waals surface area (Å²) in [6, 6.07) is 0.293. The fourth-order valence-corrected chi connectivity index (χ4v) is 2.73. The number of nitrogens with one attached hydrogen (secondary N) is 2. The van der Waals surface area contributed by atoms with Gasteiger partial charge in [0.15, 0.2) is 5.96 Å². The Morgan fingerprint density at radius 3 is 2.86 bits per heavy atom. The molecule has 0 bridgehead atoms. The van der Waals surface area contributed by atoms with Gasteiger partial charge in [0.05, 0.1) is 6.10 Å². The maximum atomic E-state index is 11.7. The zero-order chi connectivity index (χ0) is 14.4. The van der Waals surface area contributed by atoms with Crippen LogP contribution in [0.2, 0.25) is 0 Å². The van der Waals surface area contributed by atoms with E-state index in [1.54, 1.807) is 7.05 Å². The van der Waals surface area contributed by atoms with Crippen molar-refractivity contribution in [2.45, 2.75) is 44.8 Å². The Kier molecular flexibility index (Phi) is 8.31. The second-order valence-electron chi connectivity index (χ2n) is 5.41. The Morgan fingerprint density at radius 1 is 1.43 bits per heavy atom. The van der Waals surface area contributed by atoms with Gasteiger partial charge in [0.1, 0.15) is 0 Å². The molecule has 6 nitrogen and oxygen atoms in total. The van der Waals surface area contributed by atoms with E-state index in [1.165, 1.54) is 0 Å². The molecule has 2 unspecified atom stereocenters. The van der Waals surface area contributed by atoms with Gasteiger partial charge < -0.3 is 20.3 Å². The largest absolute Gasteiger partial charge is 0.376 e. The first-order valence-electron chi connectivity index (χ1n) is 7.59. The van der Waals surface area contributed by atoms with E-state index in [9.17, 15) is 4.79 Å². The van der Waals surface area contributed by atoms with Crippen LogP contribution >= 0.6 is 24.0 Å². The molecule has 2 aliphatic rings. The molecule has 0 aliphatic carbocycles. The standard InChI is InChI=1S/C14H26N4O2.HI/c1-3-13(19)18-7-6-11(10-18)17-14(15-2)16-9-12-5-4-8-20-12;/h11-12H,3-10H2,1-2H3,(H2,15,16,17);1H. The highest BCUT2D eigenvalue weighted by molar-refractivity contribution is 14.0. The normalized spacial score (nSPS) is 25.6. The Morgan fingerprint density at radius 2 is 2.24 bits per heavy atom. The lowest BCUT2D eigenvalue weighted by atomic mass is 10.2. The number of hydrogen-bond acceptors (Lipinski definition) is 3. The molecule has 0 saturated carbocycles. The molecule has 2 fully saturated rings. The number of halogens is 1. The van der Waals surface area contributed by atoms with E-state index in [-0.39, 0.29) is 29.9 Å². The van der Waals surface area contributed by atoms with E-state index in [0.29, 0.717) is 18.6 Å². The molecule has 2 saturated heterocycles. The number of aliphatic imine (C=N–C) groups is 1. The molecule has 0 aromatic heterocycles. The third-order valence-corrected chi connectivity index (χ3v) is 3.93. The molecule has 0 spiro atoms. The van der Waals surface area contributed by atoms with Crippen molar-refractivity contribution in [1.82, 2.24) is 15.5 Å². The summed E-state index contributed by atoms with van der Waals surface area (Å²) in [4.78, 5) is 17.8. The summed E-state index contributed by atoms with van der Waals surface area (Å²) in [5.74, 6) is 1.04. The number of carbonyl (C=O) groups is 1. The molecule has 7 heteroatoms. The van der Waals surface area contributed by atoms with Crippen LogP contribution < -0.4 is 10.6 Å². The topological polar surface area (TPSA) is 66.0 Å². The smallest absolute Gasteiger partial charge is 0.222 e. The van der Waals surface area contributed by atoms with Crippen molar-refractivity contribution in [1.29, 1.82) is 0 Å². The first-order chi connectivity index (χ1) is 9.72. The molecule has 2 heterocycles. The number of guanidine groups is 1. The van der Waals surface area contributed by atoms with Crippen LogP contribution in [-0.2, 0) is 9.53 Å². The molecule has 2 rings (SSSR count). The van der Waals surface area contributed by atoms with Gasteiger partial charge in [-0.05, 0) is 19.3 Å². The highest BCUT2D eigenvalue weighted by atomic mass is 127. The van der Waals surface area contributed by atoms with Gasteiger partial charge in [-0.15, -0.1) is 24.0 Å². The number of carbonyl (C=O) groups excluding carboxylic acids is 1. The van der Waals surface area contributed by atoms with Crippen LogP contribution in [0.25, 0.3) is 0 Å². The van der Waals surface area contributed by atoms with Crippen LogP contribution in [0.15, 0.2) is 4.99 Å². The zero-order valence-corrected chi connectivity index (χ0v) is 15.3. The molecule has 21 heavy (non-hydrogen) atoms. The summed E-state index contributed by atoms with van der Waals surface area (Å²) in [6.07, 6.45) is 4.13. The number of nitrogens with zero attached hydrogens (tertiary/aromatic N) is 2. The Hall–Kier alpha value is -0.570. The maximum Gasteiger partial charge on any atom is 0.222 e. The Balaban J connectivity index is 0.00000220. The number of rotatable bonds is 4.